The van der Waals surface area contributed by atoms with E-state index in [1.54, 1.807) is 12.1 Å². The van der Waals surface area contributed by atoms with Gasteiger partial charge in [-0.2, -0.15) is 22.0 Å². The van der Waals surface area contributed by atoms with E-state index in [1.807, 2.05) is 6.92 Å². The van der Waals surface area contributed by atoms with Crippen LogP contribution in [0.25, 0.3) is 0 Å². The summed E-state index contributed by atoms with van der Waals surface area (Å²) < 4.78 is 85.2. The summed E-state index contributed by atoms with van der Waals surface area (Å²) in [7, 11) is 0. The van der Waals surface area contributed by atoms with Gasteiger partial charge in [0.15, 0.2) is 0 Å². The summed E-state index contributed by atoms with van der Waals surface area (Å²) in [6, 6.07) is 8.56. The fourth-order valence-electron chi connectivity index (χ4n) is 4.56. The second-order valence-electron chi connectivity index (χ2n) is 8.91. The number of hydrogen-bond donors (Lipinski definition) is 0. The van der Waals surface area contributed by atoms with Crippen LogP contribution >= 0.6 is 0 Å². The Labute approximate surface area is 196 Å². The SMILES string of the molecule is CC=CCCC1CCC(c2ccc(C(F)(F)OCCc3ccc(C(F)(F)F)c(F)c3)cc2)CC1. The second-order valence-corrected chi connectivity index (χ2v) is 8.91. The summed E-state index contributed by atoms with van der Waals surface area (Å²) in [6.07, 6.45) is 2.46. The van der Waals surface area contributed by atoms with Gasteiger partial charge in [-0.1, -0.05) is 42.5 Å². The molecular formula is C27H30F6O. The number of alkyl halides is 5. The van der Waals surface area contributed by atoms with Crippen molar-refractivity contribution in [3.63, 3.8) is 0 Å². The molecule has 3 rings (SSSR count). The topological polar surface area (TPSA) is 9.23 Å². The van der Waals surface area contributed by atoms with E-state index in [0.717, 1.165) is 49.7 Å². The van der Waals surface area contributed by atoms with Crippen LogP contribution in [0.3, 0.4) is 0 Å². The molecule has 0 spiro atoms. The van der Waals surface area contributed by atoms with E-state index >= 15 is 0 Å². The summed E-state index contributed by atoms with van der Waals surface area (Å²) >= 11 is 0. The van der Waals surface area contributed by atoms with Gasteiger partial charge in [0, 0.05) is 0 Å². The zero-order chi connectivity index (χ0) is 24.8. The van der Waals surface area contributed by atoms with Crippen molar-refractivity contribution < 1.29 is 31.1 Å². The van der Waals surface area contributed by atoms with E-state index < -0.39 is 30.3 Å². The lowest BCUT2D eigenvalue weighted by molar-refractivity contribution is -0.248. The molecule has 1 nitrogen and oxygen atoms in total. The minimum Gasteiger partial charge on any atom is -0.316 e. The van der Waals surface area contributed by atoms with Gasteiger partial charge in [0.2, 0.25) is 0 Å². The van der Waals surface area contributed by atoms with Crippen LogP contribution in [0.2, 0.25) is 0 Å². The quantitative estimate of drug-likeness (QED) is 0.255. The van der Waals surface area contributed by atoms with Crippen molar-refractivity contribution in [2.75, 3.05) is 6.61 Å². The molecular weight excluding hydrogens is 454 g/mol. The van der Waals surface area contributed by atoms with Crippen molar-refractivity contribution in [1.82, 2.24) is 0 Å². The fourth-order valence-corrected chi connectivity index (χ4v) is 4.56. The smallest absolute Gasteiger partial charge is 0.316 e. The molecule has 34 heavy (non-hydrogen) atoms. The van der Waals surface area contributed by atoms with E-state index in [9.17, 15) is 26.3 Å². The van der Waals surface area contributed by atoms with Crippen molar-refractivity contribution in [1.29, 1.82) is 0 Å². The predicted molar refractivity (Wildman–Crippen MR) is 120 cm³/mol. The molecule has 0 bridgehead atoms. The number of hydrogen-bond acceptors (Lipinski definition) is 1. The molecule has 0 saturated heterocycles. The lowest BCUT2D eigenvalue weighted by atomic mass is 9.77. The molecule has 186 valence electrons. The second kappa shape index (κ2) is 11.4. The van der Waals surface area contributed by atoms with Crippen LogP contribution in [-0.2, 0) is 23.4 Å². The maximum absolute atomic E-state index is 14.5. The molecule has 0 radical (unpaired) electrons. The van der Waals surface area contributed by atoms with Crippen LogP contribution in [0.4, 0.5) is 26.3 Å². The van der Waals surface area contributed by atoms with Crippen molar-refractivity contribution in [2.45, 2.75) is 70.1 Å². The average molecular weight is 485 g/mol. The normalized spacial score (nSPS) is 19.6. The van der Waals surface area contributed by atoms with Gasteiger partial charge in [0.05, 0.1) is 17.7 Å². The molecule has 1 aliphatic carbocycles. The number of rotatable bonds is 9. The van der Waals surface area contributed by atoms with Crippen LogP contribution < -0.4 is 0 Å². The van der Waals surface area contributed by atoms with E-state index in [0.29, 0.717) is 18.1 Å². The molecule has 0 unspecified atom stereocenters. The van der Waals surface area contributed by atoms with Crippen LogP contribution in [0.15, 0.2) is 54.6 Å². The third-order valence-electron chi connectivity index (χ3n) is 6.56. The lowest BCUT2D eigenvalue weighted by Gasteiger charge is -2.29. The van der Waals surface area contributed by atoms with E-state index in [2.05, 4.69) is 12.2 Å². The number of ether oxygens (including phenoxy) is 1. The monoisotopic (exact) mass is 484 g/mol. The summed E-state index contributed by atoms with van der Waals surface area (Å²) in [4.78, 5) is 0. The Hall–Kier alpha value is -2.28. The minimum atomic E-state index is -4.80. The highest BCUT2D eigenvalue weighted by molar-refractivity contribution is 5.28. The summed E-state index contributed by atoms with van der Waals surface area (Å²) in [5.74, 6) is -0.335. The summed E-state index contributed by atoms with van der Waals surface area (Å²) in [6.45, 7) is 1.56. The van der Waals surface area contributed by atoms with Crippen LogP contribution in [0.1, 0.15) is 73.6 Å². The first-order valence-corrected chi connectivity index (χ1v) is 11.7. The summed E-state index contributed by atoms with van der Waals surface area (Å²) in [5.41, 5.74) is -0.468. The van der Waals surface area contributed by atoms with Crippen molar-refractivity contribution >= 4 is 0 Å². The standard InChI is InChI=1S/C27H30F6O/c1-2-3-4-5-19-6-9-21(10-7-19)22-11-13-23(14-12-22)27(32,33)34-17-16-20-8-15-24(25(28)18-20)26(29,30)31/h2-3,8,11-15,18-19,21H,4-7,9-10,16-17H2,1H3. The Morgan fingerprint density at radius 2 is 1.62 bits per heavy atom. The zero-order valence-corrected chi connectivity index (χ0v) is 19.2. The minimum absolute atomic E-state index is 0.139. The average Bonchev–Trinajstić information content (AvgIpc) is 2.79. The Morgan fingerprint density at radius 3 is 2.21 bits per heavy atom. The molecule has 2 aromatic carbocycles. The fraction of sp³-hybridized carbons (Fsp3) is 0.481. The maximum atomic E-state index is 14.5. The van der Waals surface area contributed by atoms with Gasteiger partial charge < -0.3 is 4.74 Å². The Bertz CT molecular complexity index is 941. The number of allylic oxidation sites excluding steroid dienone is 2. The van der Waals surface area contributed by atoms with Crippen molar-refractivity contribution in [2.24, 2.45) is 5.92 Å². The summed E-state index contributed by atoms with van der Waals surface area (Å²) in [5, 5.41) is 0. The van der Waals surface area contributed by atoms with Crippen LogP contribution in [0.5, 0.6) is 0 Å². The van der Waals surface area contributed by atoms with Crippen molar-refractivity contribution in [3.8, 4) is 0 Å². The lowest BCUT2D eigenvalue weighted by Crippen LogP contribution is -2.20. The maximum Gasteiger partial charge on any atom is 0.419 e. The Balaban J connectivity index is 1.50. The van der Waals surface area contributed by atoms with Gasteiger partial charge in [0.1, 0.15) is 5.82 Å². The Morgan fingerprint density at radius 1 is 0.941 bits per heavy atom. The van der Waals surface area contributed by atoms with E-state index in [4.69, 9.17) is 4.74 Å². The molecule has 1 aliphatic rings. The molecule has 0 aliphatic heterocycles. The first-order chi connectivity index (χ1) is 16.1. The molecule has 1 fully saturated rings. The largest absolute Gasteiger partial charge is 0.419 e. The third-order valence-corrected chi connectivity index (χ3v) is 6.56. The molecule has 7 heteroatoms. The Kier molecular flexibility index (Phi) is 8.85. The molecule has 0 amide bonds. The first kappa shape index (κ1) is 26.3. The highest BCUT2D eigenvalue weighted by Crippen LogP contribution is 2.39. The third kappa shape index (κ3) is 7.11. The van der Waals surface area contributed by atoms with Crippen LogP contribution in [0, 0.1) is 11.7 Å². The van der Waals surface area contributed by atoms with Gasteiger partial charge in [0.25, 0.3) is 0 Å². The zero-order valence-electron chi connectivity index (χ0n) is 19.2. The molecule has 1 saturated carbocycles. The van der Waals surface area contributed by atoms with E-state index in [-0.39, 0.29) is 17.5 Å². The molecule has 0 N–H and O–H groups in total. The van der Waals surface area contributed by atoms with Crippen molar-refractivity contribution in [3.05, 3.63) is 82.7 Å². The predicted octanol–water partition coefficient (Wildman–Crippen LogP) is 8.78. The highest BCUT2D eigenvalue weighted by Gasteiger charge is 2.35. The first-order valence-electron chi connectivity index (χ1n) is 11.7. The highest BCUT2D eigenvalue weighted by atomic mass is 19.4. The molecule has 0 atom stereocenters. The molecule has 0 heterocycles. The van der Waals surface area contributed by atoms with Crippen LogP contribution in [-0.4, -0.2) is 6.61 Å². The van der Waals surface area contributed by atoms with Gasteiger partial charge in [-0.15, -0.1) is 0 Å². The van der Waals surface area contributed by atoms with Gasteiger partial charge in [-0.3, -0.25) is 0 Å². The van der Waals surface area contributed by atoms with Gasteiger partial charge >= 0.3 is 12.3 Å². The number of halogens is 6. The van der Waals surface area contributed by atoms with Gasteiger partial charge in [-0.25, -0.2) is 4.39 Å². The molecule has 0 aromatic heterocycles. The molecule has 2 aromatic rings. The van der Waals surface area contributed by atoms with Gasteiger partial charge in [-0.05, 0) is 87.0 Å². The van der Waals surface area contributed by atoms with E-state index in [1.165, 1.54) is 18.6 Å². The number of benzene rings is 2.